The number of rotatable bonds is 6. The van der Waals surface area contributed by atoms with Gasteiger partial charge < -0.3 is 9.15 Å². The number of aromatic nitrogens is 1. The maximum atomic E-state index is 6.12. The van der Waals surface area contributed by atoms with Crippen LogP contribution in [0.25, 0.3) is 22.1 Å². The van der Waals surface area contributed by atoms with Gasteiger partial charge in [0.15, 0.2) is 0 Å². The summed E-state index contributed by atoms with van der Waals surface area (Å²) in [5.41, 5.74) is 4.57. The average molecular weight is 450 g/mol. The van der Waals surface area contributed by atoms with Crippen molar-refractivity contribution in [2.24, 2.45) is 0 Å². The Morgan fingerprint density at radius 3 is 2.31 bits per heavy atom. The van der Waals surface area contributed by atoms with E-state index in [1.54, 1.807) is 13.3 Å². The molecule has 0 bridgehead atoms. The molecule has 0 unspecified atom stereocenters. The molecule has 2 aromatic heterocycles. The van der Waals surface area contributed by atoms with Crippen LogP contribution in [0.5, 0.6) is 5.75 Å². The van der Waals surface area contributed by atoms with Gasteiger partial charge in [0.25, 0.3) is 0 Å². The summed E-state index contributed by atoms with van der Waals surface area (Å²) in [5.74, 6) is 1.94. The van der Waals surface area contributed by atoms with Gasteiger partial charge in [-0.2, -0.15) is 0 Å². The molecule has 2 aromatic carbocycles. The molecular formula is C26H28ClN3O2. The molecule has 1 saturated heterocycles. The molecule has 0 radical (unpaired) electrons. The van der Waals surface area contributed by atoms with Gasteiger partial charge in [0, 0.05) is 56.1 Å². The van der Waals surface area contributed by atoms with Crippen molar-refractivity contribution in [2.45, 2.75) is 13.1 Å². The summed E-state index contributed by atoms with van der Waals surface area (Å²) in [6, 6.07) is 21.0. The largest absolute Gasteiger partial charge is 0.497 e. The lowest BCUT2D eigenvalue weighted by molar-refractivity contribution is 0.116. The molecule has 5 rings (SSSR count). The fourth-order valence-electron chi connectivity index (χ4n) is 4.20. The Bertz CT molecular complexity index is 1140. The van der Waals surface area contributed by atoms with Crippen molar-refractivity contribution in [3.05, 3.63) is 84.4 Å². The summed E-state index contributed by atoms with van der Waals surface area (Å²) in [7, 11) is 1.70. The Morgan fingerprint density at radius 1 is 0.875 bits per heavy atom. The van der Waals surface area contributed by atoms with Gasteiger partial charge in [0.05, 0.1) is 13.7 Å². The van der Waals surface area contributed by atoms with Crippen molar-refractivity contribution < 1.29 is 9.15 Å². The normalized spacial score (nSPS) is 14.9. The Kier molecular flexibility index (Phi) is 7.10. The molecule has 1 fully saturated rings. The first-order valence-electron chi connectivity index (χ1n) is 10.8. The molecule has 0 saturated carbocycles. The van der Waals surface area contributed by atoms with Crippen molar-refractivity contribution in [3.8, 4) is 16.9 Å². The molecule has 0 aliphatic carbocycles. The van der Waals surface area contributed by atoms with Gasteiger partial charge >= 0.3 is 0 Å². The minimum atomic E-state index is 0. The maximum Gasteiger partial charge on any atom is 0.134 e. The van der Waals surface area contributed by atoms with Gasteiger partial charge in [-0.05, 0) is 47.5 Å². The number of methoxy groups -OCH3 is 1. The predicted molar refractivity (Wildman–Crippen MR) is 130 cm³/mol. The number of hydrogen-bond acceptors (Lipinski definition) is 5. The van der Waals surface area contributed by atoms with E-state index in [0.29, 0.717) is 0 Å². The molecule has 0 N–H and O–H groups in total. The van der Waals surface area contributed by atoms with Crippen LogP contribution in [0, 0.1) is 0 Å². The van der Waals surface area contributed by atoms with E-state index in [2.05, 4.69) is 57.2 Å². The van der Waals surface area contributed by atoms with Crippen LogP contribution < -0.4 is 4.74 Å². The van der Waals surface area contributed by atoms with E-state index >= 15 is 0 Å². The van der Waals surface area contributed by atoms with Gasteiger partial charge in [-0.15, -0.1) is 12.4 Å². The topological polar surface area (TPSA) is 41.7 Å². The Morgan fingerprint density at radius 2 is 1.62 bits per heavy atom. The molecule has 6 heteroatoms. The highest BCUT2D eigenvalue weighted by atomic mass is 35.5. The summed E-state index contributed by atoms with van der Waals surface area (Å²) in [4.78, 5) is 9.21. The molecular weight excluding hydrogens is 422 g/mol. The molecule has 0 spiro atoms. The summed E-state index contributed by atoms with van der Waals surface area (Å²) >= 11 is 0. The van der Waals surface area contributed by atoms with E-state index in [4.69, 9.17) is 9.15 Å². The van der Waals surface area contributed by atoms with Gasteiger partial charge in [0.2, 0.25) is 0 Å². The zero-order valence-electron chi connectivity index (χ0n) is 18.2. The van der Waals surface area contributed by atoms with Crippen LogP contribution in [0.15, 0.2) is 77.5 Å². The van der Waals surface area contributed by atoms with Crippen LogP contribution in [-0.4, -0.2) is 48.1 Å². The number of ether oxygens (including phenoxy) is 1. The second kappa shape index (κ2) is 10.2. The lowest BCUT2D eigenvalue weighted by Crippen LogP contribution is -2.45. The number of hydrogen-bond donors (Lipinski definition) is 0. The molecule has 0 amide bonds. The second-order valence-electron chi connectivity index (χ2n) is 8.11. The van der Waals surface area contributed by atoms with E-state index in [-0.39, 0.29) is 12.4 Å². The van der Waals surface area contributed by atoms with Gasteiger partial charge in [-0.25, -0.2) is 0 Å². The molecule has 1 aliphatic rings. The summed E-state index contributed by atoms with van der Waals surface area (Å²) in [6.07, 6.45) is 3.70. The molecule has 3 heterocycles. The number of piperazine rings is 1. The summed E-state index contributed by atoms with van der Waals surface area (Å²) in [5, 5.41) is 1.15. The third-order valence-corrected chi connectivity index (χ3v) is 5.97. The number of pyridine rings is 1. The highest BCUT2D eigenvalue weighted by molar-refractivity contribution is 5.85. The third kappa shape index (κ3) is 5.13. The van der Waals surface area contributed by atoms with Crippen LogP contribution in [0.1, 0.15) is 11.3 Å². The fraction of sp³-hybridized carbons (Fsp3) is 0.269. The molecule has 1 aliphatic heterocycles. The molecule has 5 nitrogen and oxygen atoms in total. The maximum absolute atomic E-state index is 6.12. The Hall–Kier alpha value is -2.86. The number of furan rings is 1. The number of benzene rings is 2. The zero-order chi connectivity index (χ0) is 21.0. The molecule has 166 valence electrons. The van der Waals surface area contributed by atoms with E-state index in [9.17, 15) is 0 Å². The van der Waals surface area contributed by atoms with Crippen molar-refractivity contribution in [1.82, 2.24) is 14.8 Å². The van der Waals surface area contributed by atoms with Crippen molar-refractivity contribution >= 4 is 23.4 Å². The van der Waals surface area contributed by atoms with Gasteiger partial charge in [-0.1, -0.05) is 24.3 Å². The van der Waals surface area contributed by atoms with Crippen LogP contribution in [0.2, 0.25) is 0 Å². The van der Waals surface area contributed by atoms with E-state index in [0.717, 1.165) is 67.3 Å². The molecule has 0 atom stereocenters. The highest BCUT2D eigenvalue weighted by Gasteiger charge is 2.18. The molecule has 4 aromatic rings. The van der Waals surface area contributed by atoms with E-state index in [1.165, 1.54) is 11.1 Å². The van der Waals surface area contributed by atoms with Crippen molar-refractivity contribution in [1.29, 1.82) is 0 Å². The first-order chi connectivity index (χ1) is 15.3. The van der Waals surface area contributed by atoms with Gasteiger partial charge in [-0.3, -0.25) is 14.8 Å². The van der Waals surface area contributed by atoms with Gasteiger partial charge in [0.1, 0.15) is 17.1 Å². The average Bonchev–Trinajstić information content (AvgIpc) is 3.23. The standard InChI is InChI=1S/C26H27N3O2.ClH/c1-30-24-7-4-20(5-8-24)18-28-11-13-29(14-12-28)19-25-16-23-15-21(6-9-26(23)31-25)22-3-2-10-27-17-22;/h2-10,15-17H,11-14,18-19H2,1H3;1H. The monoisotopic (exact) mass is 449 g/mol. The van der Waals surface area contributed by atoms with E-state index < -0.39 is 0 Å². The number of nitrogens with zero attached hydrogens (tertiary/aromatic N) is 3. The Labute approximate surface area is 195 Å². The minimum absolute atomic E-state index is 0. The lowest BCUT2D eigenvalue weighted by Gasteiger charge is -2.34. The lowest BCUT2D eigenvalue weighted by atomic mass is 10.1. The minimum Gasteiger partial charge on any atom is -0.497 e. The number of fused-ring (bicyclic) bond motifs is 1. The first-order valence-corrected chi connectivity index (χ1v) is 10.8. The second-order valence-corrected chi connectivity index (χ2v) is 8.11. The van der Waals surface area contributed by atoms with Crippen molar-refractivity contribution in [3.63, 3.8) is 0 Å². The SMILES string of the molecule is COc1ccc(CN2CCN(Cc3cc4cc(-c5cccnc5)ccc4o3)CC2)cc1.Cl. The predicted octanol–water partition coefficient (Wildman–Crippen LogP) is 5.24. The smallest absolute Gasteiger partial charge is 0.134 e. The Balaban J connectivity index is 0.00000245. The van der Waals surface area contributed by atoms with Crippen LogP contribution in [0.3, 0.4) is 0 Å². The van der Waals surface area contributed by atoms with Crippen molar-refractivity contribution in [2.75, 3.05) is 33.3 Å². The van der Waals surface area contributed by atoms with Crippen LogP contribution in [-0.2, 0) is 13.1 Å². The first kappa shape index (κ1) is 22.3. The third-order valence-electron chi connectivity index (χ3n) is 5.97. The zero-order valence-corrected chi connectivity index (χ0v) is 19.1. The molecule has 32 heavy (non-hydrogen) atoms. The van der Waals surface area contributed by atoms with E-state index in [1.807, 2.05) is 24.4 Å². The van der Waals surface area contributed by atoms with Crippen LogP contribution in [0.4, 0.5) is 0 Å². The van der Waals surface area contributed by atoms with Crippen LogP contribution >= 0.6 is 12.4 Å². The highest BCUT2D eigenvalue weighted by Crippen LogP contribution is 2.27. The summed E-state index contributed by atoms with van der Waals surface area (Å²) in [6.45, 7) is 6.07. The summed E-state index contributed by atoms with van der Waals surface area (Å²) < 4.78 is 11.4. The fourth-order valence-corrected chi connectivity index (χ4v) is 4.20. The number of halogens is 1. The quantitative estimate of drug-likeness (QED) is 0.402.